The standard InChI is InChI=1S/C18H11BrClN3O6S/c19-10-2-1-9(14(6-10)29-8-16(24)25)5-15-17(26)22-18(30-15)21-13-4-3-11(23(27)28)7-12(13)20/h1-7H,8H2,(H,24,25)(H,21,22,26)/b15-5+. The quantitative estimate of drug-likeness (QED) is 0.334. The van der Waals surface area contributed by atoms with Crippen molar-refractivity contribution in [3.8, 4) is 5.75 Å². The van der Waals surface area contributed by atoms with Gasteiger partial charge in [0.1, 0.15) is 5.75 Å². The highest BCUT2D eigenvalue weighted by molar-refractivity contribution is 9.10. The number of carbonyl (C=O) groups excluding carboxylic acids is 1. The minimum atomic E-state index is -1.13. The van der Waals surface area contributed by atoms with Gasteiger partial charge in [0, 0.05) is 22.2 Å². The Morgan fingerprint density at radius 2 is 2.13 bits per heavy atom. The molecule has 2 aromatic rings. The normalized spacial score (nSPS) is 16.0. The molecule has 0 bridgehead atoms. The number of non-ortho nitro benzene ring substituents is 1. The molecule has 1 fully saturated rings. The Morgan fingerprint density at radius 3 is 2.80 bits per heavy atom. The number of thioether (sulfide) groups is 1. The molecule has 1 aliphatic heterocycles. The molecule has 0 saturated carbocycles. The molecule has 1 amide bonds. The molecule has 0 aromatic heterocycles. The zero-order chi connectivity index (χ0) is 21.8. The number of amidine groups is 1. The van der Waals surface area contributed by atoms with Crippen LogP contribution in [0.1, 0.15) is 5.56 Å². The van der Waals surface area contributed by atoms with E-state index in [4.69, 9.17) is 21.4 Å². The average Bonchev–Trinajstić information content (AvgIpc) is 3.02. The van der Waals surface area contributed by atoms with Crippen LogP contribution in [-0.2, 0) is 9.59 Å². The van der Waals surface area contributed by atoms with Gasteiger partial charge < -0.3 is 15.2 Å². The number of aliphatic carboxylic acids is 1. The van der Waals surface area contributed by atoms with Crippen molar-refractivity contribution in [2.24, 2.45) is 4.99 Å². The predicted octanol–water partition coefficient (Wildman–Crippen LogP) is 4.37. The van der Waals surface area contributed by atoms with E-state index in [1.54, 1.807) is 24.3 Å². The first kappa shape index (κ1) is 21.8. The van der Waals surface area contributed by atoms with Gasteiger partial charge in [-0.15, -0.1) is 0 Å². The van der Waals surface area contributed by atoms with E-state index in [9.17, 15) is 19.7 Å². The van der Waals surface area contributed by atoms with Crippen molar-refractivity contribution in [3.05, 3.63) is 66.5 Å². The van der Waals surface area contributed by atoms with Crippen LogP contribution < -0.4 is 10.1 Å². The Kier molecular flexibility index (Phi) is 6.75. The lowest BCUT2D eigenvalue weighted by molar-refractivity contribution is -0.384. The number of nitrogens with one attached hydrogen (secondary N) is 1. The van der Waals surface area contributed by atoms with Crippen LogP contribution in [0.3, 0.4) is 0 Å². The maximum absolute atomic E-state index is 12.3. The predicted molar refractivity (Wildman–Crippen MR) is 116 cm³/mol. The molecule has 154 valence electrons. The minimum absolute atomic E-state index is 0.0706. The van der Waals surface area contributed by atoms with Crippen LogP contribution in [-0.4, -0.2) is 33.7 Å². The maximum atomic E-state index is 12.3. The number of amides is 1. The van der Waals surface area contributed by atoms with Crippen LogP contribution in [0.4, 0.5) is 11.4 Å². The summed E-state index contributed by atoms with van der Waals surface area (Å²) in [6.45, 7) is -0.530. The van der Waals surface area contributed by atoms with Gasteiger partial charge >= 0.3 is 5.97 Å². The summed E-state index contributed by atoms with van der Waals surface area (Å²) in [7, 11) is 0. The summed E-state index contributed by atoms with van der Waals surface area (Å²) >= 11 is 10.4. The Balaban J connectivity index is 1.86. The van der Waals surface area contributed by atoms with Gasteiger partial charge in [-0.25, -0.2) is 9.79 Å². The van der Waals surface area contributed by atoms with E-state index in [2.05, 4.69) is 26.2 Å². The molecule has 0 radical (unpaired) electrons. The third-order valence-electron chi connectivity index (χ3n) is 3.63. The highest BCUT2D eigenvalue weighted by Gasteiger charge is 2.25. The lowest BCUT2D eigenvalue weighted by Crippen LogP contribution is -2.19. The minimum Gasteiger partial charge on any atom is -0.481 e. The van der Waals surface area contributed by atoms with Crippen LogP contribution in [0.15, 0.2) is 50.8 Å². The first-order valence-electron chi connectivity index (χ1n) is 8.10. The molecule has 3 rings (SSSR count). The Morgan fingerprint density at radius 1 is 1.37 bits per heavy atom. The number of ether oxygens (including phenoxy) is 1. The van der Waals surface area contributed by atoms with Gasteiger partial charge in [-0.05, 0) is 36.0 Å². The van der Waals surface area contributed by atoms with Crippen molar-refractivity contribution in [1.82, 2.24) is 5.32 Å². The van der Waals surface area contributed by atoms with E-state index >= 15 is 0 Å². The second kappa shape index (κ2) is 9.28. The Bertz CT molecular complexity index is 1120. The number of nitrogens with zero attached hydrogens (tertiary/aromatic N) is 2. The molecule has 2 aromatic carbocycles. The molecular formula is C18H11BrClN3O6S. The van der Waals surface area contributed by atoms with E-state index < -0.39 is 23.4 Å². The summed E-state index contributed by atoms with van der Waals surface area (Å²) in [5, 5.41) is 22.5. The summed E-state index contributed by atoms with van der Waals surface area (Å²) in [6.07, 6.45) is 1.55. The number of hydrogen-bond acceptors (Lipinski definition) is 7. The SMILES string of the molecule is O=C(O)COc1cc(Br)ccc1/C=C1/SC(=Nc2ccc([N+](=O)[O-])cc2Cl)NC1=O. The number of aliphatic imine (C=N–C) groups is 1. The zero-order valence-electron chi connectivity index (χ0n) is 14.8. The molecule has 0 spiro atoms. The number of nitro groups is 1. The number of rotatable bonds is 6. The third-order valence-corrected chi connectivity index (χ3v) is 5.33. The maximum Gasteiger partial charge on any atom is 0.341 e. The molecule has 1 saturated heterocycles. The first-order chi connectivity index (χ1) is 14.2. The summed E-state index contributed by atoms with van der Waals surface area (Å²) in [5.41, 5.74) is 0.601. The van der Waals surface area contributed by atoms with Gasteiger partial charge in [-0.3, -0.25) is 14.9 Å². The number of carboxylic acid groups (broad SMARTS) is 1. The van der Waals surface area contributed by atoms with Crippen molar-refractivity contribution in [1.29, 1.82) is 0 Å². The molecule has 9 nitrogen and oxygen atoms in total. The van der Waals surface area contributed by atoms with Crippen molar-refractivity contribution < 1.29 is 24.4 Å². The third kappa shape index (κ3) is 5.38. The fourth-order valence-electron chi connectivity index (χ4n) is 2.32. The van der Waals surface area contributed by atoms with Crippen molar-refractivity contribution in [2.75, 3.05) is 6.61 Å². The summed E-state index contributed by atoms with van der Waals surface area (Å²) < 4.78 is 5.96. The summed E-state index contributed by atoms with van der Waals surface area (Å²) in [5.74, 6) is -1.25. The van der Waals surface area contributed by atoms with Crippen LogP contribution in [0.2, 0.25) is 5.02 Å². The largest absolute Gasteiger partial charge is 0.481 e. The monoisotopic (exact) mass is 511 g/mol. The topological polar surface area (TPSA) is 131 Å². The summed E-state index contributed by atoms with van der Waals surface area (Å²) in [4.78, 5) is 37.8. The molecular weight excluding hydrogens is 502 g/mol. The molecule has 12 heteroatoms. The van der Waals surface area contributed by atoms with Gasteiger partial charge in [0.05, 0.1) is 20.5 Å². The number of carbonyl (C=O) groups is 2. The van der Waals surface area contributed by atoms with E-state index in [0.717, 1.165) is 11.8 Å². The van der Waals surface area contributed by atoms with Crippen LogP contribution in [0.25, 0.3) is 6.08 Å². The highest BCUT2D eigenvalue weighted by Crippen LogP contribution is 2.34. The molecule has 2 N–H and O–H groups in total. The van der Waals surface area contributed by atoms with E-state index in [1.807, 2.05) is 0 Å². The van der Waals surface area contributed by atoms with E-state index in [0.29, 0.717) is 14.9 Å². The Hall–Kier alpha value is -2.89. The van der Waals surface area contributed by atoms with Gasteiger partial charge in [0.2, 0.25) is 0 Å². The van der Waals surface area contributed by atoms with E-state index in [-0.39, 0.29) is 27.3 Å². The van der Waals surface area contributed by atoms with Crippen LogP contribution >= 0.6 is 39.3 Å². The van der Waals surface area contributed by atoms with E-state index in [1.165, 1.54) is 18.2 Å². The molecule has 0 unspecified atom stereocenters. The van der Waals surface area contributed by atoms with Crippen molar-refractivity contribution in [2.45, 2.75) is 0 Å². The lowest BCUT2D eigenvalue weighted by Gasteiger charge is -2.08. The van der Waals surface area contributed by atoms with Gasteiger partial charge in [0.15, 0.2) is 11.8 Å². The van der Waals surface area contributed by atoms with Gasteiger partial charge in [0.25, 0.3) is 11.6 Å². The number of nitro benzene ring substituents is 1. The van der Waals surface area contributed by atoms with Gasteiger partial charge in [-0.2, -0.15) is 0 Å². The van der Waals surface area contributed by atoms with Crippen molar-refractivity contribution >= 4 is 73.8 Å². The molecule has 30 heavy (non-hydrogen) atoms. The molecule has 1 aliphatic rings. The average molecular weight is 513 g/mol. The van der Waals surface area contributed by atoms with Crippen LogP contribution in [0.5, 0.6) is 5.75 Å². The Labute approximate surface area is 187 Å². The summed E-state index contributed by atoms with van der Waals surface area (Å²) in [6, 6.07) is 8.81. The number of halogens is 2. The molecule has 0 aliphatic carbocycles. The van der Waals surface area contributed by atoms with Crippen molar-refractivity contribution in [3.63, 3.8) is 0 Å². The first-order valence-corrected chi connectivity index (χ1v) is 10.1. The molecule has 1 heterocycles. The van der Waals surface area contributed by atoms with Gasteiger partial charge in [-0.1, -0.05) is 33.6 Å². The lowest BCUT2D eigenvalue weighted by atomic mass is 10.2. The second-order valence-corrected chi connectivity index (χ2v) is 8.09. The fourth-order valence-corrected chi connectivity index (χ4v) is 3.71. The molecule has 0 atom stereocenters. The highest BCUT2D eigenvalue weighted by atomic mass is 79.9. The smallest absolute Gasteiger partial charge is 0.341 e. The second-order valence-electron chi connectivity index (χ2n) is 5.74. The zero-order valence-corrected chi connectivity index (χ0v) is 18.0. The fraction of sp³-hybridized carbons (Fsp3) is 0.0556. The number of carboxylic acids is 1. The van der Waals surface area contributed by atoms with Crippen LogP contribution in [0, 0.1) is 10.1 Å². The number of benzene rings is 2. The number of hydrogen-bond donors (Lipinski definition) is 2.